The van der Waals surface area contributed by atoms with Crippen LogP contribution in [0.4, 0.5) is 4.79 Å². The Hall–Kier alpha value is -1.88. The van der Waals surface area contributed by atoms with Gasteiger partial charge in [-0.25, -0.2) is 4.79 Å². The molecule has 5 heteroatoms. The second kappa shape index (κ2) is 5.63. The molecule has 0 spiro atoms. The normalized spacial score (nSPS) is 25.4. The molecule has 20 heavy (non-hydrogen) atoms. The van der Waals surface area contributed by atoms with E-state index in [0.29, 0.717) is 26.3 Å². The molecule has 5 nitrogen and oxygen atoms in total. The molecule has 2 bridgehead atoms. The minimum atomic E-state index is -0.349. The van der Waals surface area contributed by atoms with E-state index in [2.05, 4.69) is 0 Å². The van der Waals surface area contributed by atoms with Crippen LogP contribution in [0.2, 0.25) is 0 Å². The largest absolute Gasteiger partial charge is 0.445 e. The Morgan fingerprint density at radius 1 is 1.20 bits per heavy atom. The van der Waals surface area contributed by atoms with Crippen LogP contribution in [0.15, 0.2) is 30.3 Å². The van der Waals surface area contributed by atoms with Gasteiger partial charge in [0.15, 0.2) is 0 Å². The molecule has 0 N–H and O–H groups in total. The molecule has 1 aromatic carbocycles. The van der Waals surface area contributed by atoms with Gasteiger partial charge in [-0.05, 0) is 5.56 Å². The fourth-order valence-corrected chi connectivity index (χ4v) is 2.70. The number of likely N-dealkylation sites (tertiary alicyclic amines) is 1. The van der Waals surface area contributed by atoms with Crippen molar-refractivity contribution >= 4 is 11.9 Å². The first kappa shape index (κ1) is 13.1. The quantitative estimate of drug-likeness (QED) is 0.820. The third-order valence-electron chi connectivity index (χ3n) is 3.79. The molecular formula is C15H17NO4. The average molecular weight is 275 g/mol. The number of nitrogens with zero attached hydrogens (tertiary/aromatic N) is 1. The second-order valence-corrected chi connectivity index (χ2v) is 5.28. The zero-order valence-corrected chi connectivity index (χ0v) is 11.2. The van der Waals surface area contributed by atoms with Crippen LogP contribution in [0, 0.1) is 11.8 Å². The first-order chi connectivity index (χ1) is 9.74. The monoisotopic (exact) mass is 275 g/mol. The third kappa shape index (κ3) is 2.67. The van der Waals surface area contributed by atoms with Gasteiger partial charge >= 0.3 is 6.09 Å². The van der Waals surface area contributed by atoms with Crippen LogP contribution in [0.3, 0.4) is 0 Å². The molecule has 2 unspecified atom stereocenters. The topological polar surface area (TPSA) is 55.8 Å². The Labute approximate surface area is 117 Å². The lowest BCUT2D eigenvalue weighted by molar-refractivity contribution is -0.143. The molecule has 2 atom stereocenters. The number of hydrogen-bond acceptors (Lipinski definition) is 4. The number of carbonyl (C=O) groups excluding carboxylic acids is 2. The van der Waals surface area contributed by atoms with Crippen LogP contribution < -0.4 is 0 Å². The van der Waals surface area contributed by atoms with Gasteiger partial charge < -0.3 is 14.4 Å². The van der Waals surface area contributed by atoms with Crippen molar-refractivity contribution in [2.75, 3.05) is 26.3 Å². The summed E-state index contributed by atoms with van der Waals surface area (Å²) >= 11 is 0. The molecule has 1 amide bonds. The number of benzene rings is 1. The van der Waals surface area contributed by atoms with Crippen molar-refractivity contribution in [3.8, 4) is 0 Å². The van der Waals surface area contributed by atoms with E-state index in [0.717, 1.165) is 5.56 Å². The number of ketones is 1. The van der Waals surface area contributed by atoms with Crippen molar-refractivity contribution in [3.63, 3.8) is 0 Å². The number of fused-ring (bicyclic) bond motifs is 2. The van der Waals surface area contributed by atoms with Crippen molar-refractivity contribution in [2.45, 2.75) is 6.61 Å². The standard InChI is InChI=1S/C15H17NO4/c17-14-12-6-16(7-13(14)10-19-9-12)15(18)20-8-11-4-2-1-3-5-11/h1-5,12-13H,6-10H2. The van der Waals surface area contributed by atoms with Gasteiger partial charge in [-0.2, -0.15) is 0 Å². The highest BCUT2D eigenvalue weighted by atomic mass is 16.6. The maximum absolute atomic E-state index is 12.1. The fraction of sp³-hybridized carbons (Fsp3) is 0.467. The summed E-state index contributed by atoms with van der Waals surface area (Å²) < 4.78 is 10.7. The molecule has 0 radical (unpaired) electrons. The maximum atomic E-state index is 12.1. The summed E-state index contributed by atoms with van der Waals surface area (Å²) in [5, 5.41) is 0. The zero-order chi connectivity index (χ0) is 13.9. The SMILES string of the molecule is O=C1C2COCC1CN(C(=O)OCc1ccccc1)C2. The molecule has 1 aromatic rings. The van der Waals surface area contributed by atoms with E-state index in [1.54, 1.807) is 4.90 Å². The number of rotatable bonds is 2. The first-order valence-electron chi connectivity index (χ1n) is 6.81. The van der Waals surface area contributed by atoms with Gasteiger partial charge in [-0.3, -0.25) is 4.79 Å². The second-order valence-electron chi connectivity index (χ2n) is 5.28. The molecule has 2 fully saturated rings. The van der Waals surface area contributed by atoms with E-state index >= 15 is 0 Å². The summed E-state index contributed by atoms with van der Waals surface area (Å²) in [7, 11) is 0. The van der Waals surface area contributed by atoms with Crippen molar-refractivity contribution in [2.24, 2.45) is 11.8 Å². The summed E-state index contributed by atoms with van der Waals surface area (Å²) in [5.74, 6) is -0.151. The van der Waals surface area contributed by atoms with Crippen molar-refractivity contribution in [3.05, 3.63) is 35.9 Å². The third-order valence-corrected chi connectivity index (χ3v) is 3.79. The number of Topliss-reactive ketones (excluding diaryl/α,β-unsaturated/α-hetero) is 1. The van der Waals surface area contributed by atoms with Gasteiger partial charge in [0.2, 0.25) is 0 Å². The molecule has 0 saturated carbocycles. The summed E-state index contributed by atoms with van der Waals surface area (Å²) in [6.07, 6.45) is -0.349. The summed E-state index contributed by atoms with van der Waals surface area (Å²) in [4.78, 5) is 25.6. The molecule has 2 aliphatic heterocycles. The summed E-state index contributed by atoms with van der Waals surface area (Å²) in [5.41, 5.74) is 0.956. The molecule has 3 rings (SSSR count). The van der Waals surface area contributed by atoms with Gasteiger partial charge in [-0.1, -0.05) is 30.3 Å². The fourth-order valence-electron chi connectivity index (χ4n) is 2.70. The Morgan fingerprint density at radius 3 is 2.50 bits per heavy atom. The predicted octanol–water partition coefficient (Wildman–Crippen LogP) is 1.47. The van der Waals surface area contributed by atoms with E-state index in [1.165, 1.54) is 0 Å². The number of ether oxygens (including phenoxy) is 2. The van der Waals surface area contributed by atoms with E-state index in [1.807, 2.05) is 30.3 Å². The predicted molar refractivity (Wildman–Crippen MR) is 71.0 cm³/mol. The number of piperidine rings is 1. The highest BCUT2D eigenvalue weighted by Gasteiger charge is 2.40. The molecule has 2 saturated heterocycles. The smallest absolute Gasteiger partial charge is 0.410 e. The van der Waals surface area contributed by atoms with Crippen molar-refractivity contribution in [1.82, 2.24) is 4.90 Å². The van der Waals surface area contributed by atoms with Crippen LogP contribution in [0.1, 0.15) is 5.56 Å². The number of amides is 1. The minimum Gasteiger partial charge on any atom is -0.445 e. The molecular weight excluding hydrogens is 258 g/mol. The zero-order valence-electron chi connectivity index (χ0n) is 11.2. The lowest BCUT2D eigenvalue weighted by Crippen LogP contribution is -2.54. The molecule has 2 aliphatic rings. The Kier molecular flexibility index (Phi) is 3.69. The average Bonchev–Trinajstić information content (AvgIpc) is 2.45. The lowest BCUT2D eigenvalue weighted by Gasteiger charge is -2.39. The van der Waals surface area contributed by atoms with Gasteiger partial charge in [0.1, 0.15) is 12.4 Å². The van der Waals surface area contributed by atoms with E-state index in [9.17, 15) is 9.59 Å². The van der Waals surface area contributed by atoms with E-state index in [-0.39, 0.29) is 30.3 Å². The first-order valence-corrected chi connectivity index (χ1v) is 6.81. The van der Waals surface area contributed by atoms with Crippen LogP contribution in [0.25, 0.3) is 0 Å². The Balaban J connectivity index is 1.57. The van der Waals surface area contributed by atoms with Crippen LogP contribution >= 0.6 is 0 Å². The van der Waals surface area contributed by atoms with Gasteiger partial charge in [-0.15, -0.1) is 0 Å². The van der Waals surface area contributed by atoms with Crippen LogP contribution in [-0.4, -0.2) is 43.1 Å². The highest BCUT2D eigenvalue weighted by Crippen LogP contribution is 2.24. The van der Waals surface area contributed by atoms with Crippen molar-refractivity contribution < 1.29 is 19.1 Å². The van der Waals surface area contributed by atoms with E-state index < -0.39 is 0 Å². The van der Waals surface area contributed by atoms with Crippen LogP contribution in [-0.2, 0) is 20.9 Å². The molecule has 2 heterocycles. The van der Waals surface area contributed by atoms with Gasteiger partial charge in [0.25, 0.3) is 0 Å². The lowest BCUT2D eigenvalue weighted by atomic mass is 9.87. The summed E-state index contributed by atoms with van der Waals surface area (Å²) in [6.45, 7) is 1.90. The minimum absolute atomic E-state index is 0.188. The Bertz CT molecular complexity index is 486. The molecule has 106 valence electrons. The molecule has 0 aromatic heterocycles. The van der Waals surface area contributed by atoms with Gasteiger partial charge in [0.05, 0.1) is 25.0 Å². The van der Waals surface area contributed by atoms with Crippen LogP contribution in [0.5, 0.6) is 0 Å². The molecule has 0 aliphatic carbocycles. The Morgan fingerprint density at radius 2 is 1.85 bits per heavy atom. The van der Waals surface area contributed by atoms with E-state index in [4.69, 9.17) is 9.47 Å². The van der Waals surface area contributed by atoms with Gasteiger partial charge in [0, 0.05) is 13.1 Å². The highest BCUT2D eigenvalue weighted by molar-refractivity contribution is 5.87. The number of carbonyl (C=O) groups is 2. The number of hydrogen-bond donors (Lipinski definition) is 0. The maximum Gasteiger partial charge on any atom is 0.410 e. The summed E-state index contributed by atoms with van der Waals surface area (Å²) in [6, 6.07) is 9.56. The van der Waals surface area contributed by atoms with Crippen molar-refractivity contribution in [1.29, 1.82) is 0 Å².